The molecule has 82 valence electrons. The molecule has 0 aliphatic rings. The molecule has 1 rings (SSSR count). The van der Waals surface area contributed by atoms with Gasteiger partial charge >= 0.3 is 0 Å². The van der Waals surface area contributed by atoms with E-state index in [-0.39, 0.29) is 11.9 Å². The van der Waals surface area contributed by atoms with Crippen LogP contribution < -0.4 is 5.73 Å². The minimum Gasteiger partial charge on any atom is -0.324 e. The summed E-state index contributed by atoms with van der Waals surface area (Å²) in [7, 11) is 0. The monoisotopic (exact) mass is 199 g/mol. The van der Waals surface area contributed by atoms with Crippen LogP contribution in [-0.4, -0.2) is 0 Å². The molecule has 2 N–H and O–H groups in total. The predicted molar refractivity (Wildman–Crippen MR) is 61.7 cm³/mol. The van der Waals surface area contributed by atoms with E-state index < -0.39 is 0 Å². The van der Waals surface area contributed by atoms with E-state index in [0.717, 1.165) is 5.56 Å². The number of nitrogens with two attached hydrogens (primary N) is 1. The van der Waals surface area contributed by atoms with E-state index in [0.29, 0.717) is 0 Å². The molecule has 0 heterocycles. The van der Waals surface area contributed by atoms with Crippen LogP contribution in [0.3, 0.4) is 0 Å². The van der Waals surface area contributed by atoms with Crippen molar-refractivity contribution in [3.63, 3.8) is 0 Å². The molecule has 0 saturated heterocycles. The van der Waals surface area contributed by atoms with Crippen LogP contribution in [0.2, 0.25) is 0 Å². The molecule has 0 saturated carbocycles. The lowest BCUT2D eigenvalue weighted by atomic mass is 10.1. The third-order valence-electron chi connectivity index (χ3n) is 1.40. The minimum absolute atomic E-state index is 0.0133. The lowest BCUT2D eigenvalue weighted by Crippen LogP contribution is -2.04. The molecule has 2 heteroatoms. The second-order valence-electron chi connectivity index (χ2n) is 2.34. The zero-order valence-corrected chi connectivity index (χ0v) is 9.84. The second-order valence-corrected chi connectivity index (χ2v) is 2.34. The van der Waals surface area contributed by atoms with Gasteiger partial charge in [-0.1, -0.05) is 39.8 Å². The molecule has 0 amide bonds. The number of rotatable bonds is 1. The van der Waals surface area contributed by atoms with Crippen molar-refractivity contribution in [2.75, 3.05) is 0 Å². The largest absolute Gasteiger partial charge is 0.324 e. The molecule has 0 radical (unpaired) electrons. The number of halogens is 1. The molecule has 0 bridgehead atoms. The van der Waals surface area contributed by atoms with Gasteiger partial charge in [0.25, 0.3) is 0 Å². The molecule has 0 aliphatic carbocycles. The van der Waals surface area contributed by atoms with E-state index >= 15 is 0 Å². The molecule has 1 unspecified atom stereocenters. The third-order valence-corrected chi connectivity index (χ3v) is 1.40. The van der Waals surface area contributed by atoms with Crippen LogP contribution in [0.4, 0.5) is 4.39 Å². The number of hydrogen-bond acceptors (Lipinski definition) is 1. The van der Waals surface area contributed by atoms with Crippen molar-refractivity contribution >= 4 is 0 Å². The van der Waals surface area contributed by atoms with Gasteiger partial charge in [-0.25, -0.2) is 4.39 Å². The maximum Gasteiger partial charge on any atom is 0.123 e. The van der Waals surface area contributed by atoms with Gasteiger partial charge in [0.05, 0.1) is 0 Å². The van der Waals surface area contributed by atoms with Crippen molar-refractivity contribution in [1.82, 2.24) is 0 Å². The summed E-state index contributed by atoms with van der Waals surface area (Å²) in [6.07, 6.45) is 0. The average Bonchev–Trinajstić information content (AvgIpc) is 2.24. The van der Waals surface area contributed by atoms with Crippen molar-refractivity contribution in [1.29, 1.82) is 0 Å². The Morgan fingerprint density at radius 1 is 1.00 bits per heavy atom. The van der Waals surface area contributed by atoms with Crippen LogP contribution >= 0.6 is 0 Å². The van der Waals surface area contributed by atoms with Crippen molar-refractivity contribution in [2.45, 2.75) is 40.7 Å². The van der Waals surface area contributed by atoms with E-state index in [2.05, 4.69) is 0 Å². The summed E-state index contributed by atoms with van der Waals surface area (Å²) >= 11 is 0. The van der Waals surface area contributed by atoms with Gasteiger partial charge in [0.15, 0.2) is 0 Å². The van der Waals surface area contributed by atoms with Crippen LogP contribution in [0.1, 0.15) is 46.2 Å². The van der Waals surface area contributed by atoms with Gasteiger partial charge in [0, 0.05) is 6.04 Å². The maximum atomic E-state index is 12.3. The van der Waals surface area contributed by atoms with Gasteiger partial charge in [-0.15, -0.1) is 0 Å². The van der Waals surface area contributed by atoms with Gasteiger partial charge in [0.1, 0.15) is 5.82 Å². The van der Waals surface area contributed by atoms with E-state index in [4.69, 9.17) is 5.73 Å². The molecule has 1 aromatic rings. The topological polar surface area (TPSA) is 26.0 Å². The first-order chi connectivity index (χ1) is 6.70. The molecule has 0 aromatic heterocycles. The van der Waals surface area contributed by atoms with Gasteiger partial charge < -0.3 is 5.73 Å². The zero-order chi connectivity index (χ0) is 11.6. The molecule has 1 nitrogen and oxygen atoms in total. The molecule has 1 atom stereocenters. The van der Waals surface area contributed by atoms with Gasteiger partial charge in [0.2, 0.25) is 0 Å². The van der Waals surface area contributed by atoms with Crippen LogP contribution in [0.15, 0.2) is 24.3 Å². The van der Waals surface area contributed by atoms with Crippen LogP contribution in [0, 0.1) is 5.82 Å². The Morgan fingerprint density at radius 3 is 1.64 bits per heavy atom. The third kappa shape index (κ3) is 6.61. The van der Waals surface area contributed by atoms with Crippen LogP contribution in [-0.2, 0) is 0 Å². The quantitative estimate of drug-likeness (QED) is 0.729. The van der Waals surface area contributed by atoms with E-state index in [9.17, 15) is 4.39 Å². The summed E-state index contributed by atoms with van der Waals surface area (Å²) < 4.78 is 12.3. The van der Waals surface area contributed by atoms with Gasteiger partial charge in [-0.3, -0.25) is 0 Å². The molecule has 14 heavy (non-hydrogen) atoms. The highest BCUT2D eigenvalue weighted by Crippen LogP contribution is 2.09. The fraction of sp³-hybridized carbons (Fsp3) is 0.500. The van der Waals surface area contributed by atoms with E-state index in [1.54, 1.807) is 12.1 Å². The Labute approximate surface area is 87.1 Å². The molecular formula is C12H22FN. The second kappa shape index (κ2) is 10.2. The first kappa shape index (κ1) is 15.6. The van der Waals surface area contributed by atoms with Crippen LogP contribution in [0.5, 0.6) is 0 Å². The van der Waals surface area contributed by atoms with E-state index in [1.165, 1.54) is 12.1 Å². The first-order valence-electron chi connectivity index (χ1n) is 5.21. The smallest absolute Gasteiger partial charge is 0.123 e. The summed E-state index contributed by atoms with van der Waals surface area (Å²) in [4.78, 5) is 0. The molecule has 1 aromatic carbocycles. The molecule has 0 spiro atoms. The predicted octanol–water partition coefficient (Wildman–Crippen LogP) is 3.90. The Balaban J connectivity index is 0. The fourth-order valence-electron chi connectivity index (χ4n) is 0.766. The van der Waals surface area contributed by atoms with Gasteiger partial charge in [-0.05, 0) is 24.6 Å². The Hall–Kier alpha value is -0.890. The fourth-order valence-corrected chi connectivity index (χ4v) is 0.766. The summed E-state index contributed by atoms with van der Waals surface area (Å²) in [6.45, 7) is 9.87. The summed E-state index contributed by atoms with van der Waals surface area (Å²) in [6, 6.07) is 6.21. The van der Waals surface area contributed by atoms with Crippen molar-refractivity contribution in [2.24, 2.45) is 5.73 Å². The number of benzene rings is 1. The normalized spacial score (nSPS) is 10.2. The lowest BCUT2D eigenvalue weighted by molar-refractivity contribution is 0.626. The lowest BCUT2D eigenvalue weighted by Gasteiger charge is -2.02. The Kier molecular flexibility index (Phi) is 11.3. The first-order valence-corrected chi connectivity index (χ1v) is 5.21. The van der Waals surface area contributed by atoms with E-state index in [1.807, 2.05) is 34.6 Å². The Morgan fingerprint density at radius 2 is 1.36 bits per heavy atom. The maximum absolute atomic E-state index is 12.3. The van der Waals surface area contributed by atoms with Crippen molar-refractivity contribution in [3.05, 3.63) is 35.6 Å². The molecule has 0 aliphatic heterocycles. The highest BCUT2D eigenvalue weighted by molar-refractivity contribution is 5.18. The summed E-state index contributed by atoms with van der Waals surface area (Å²) in [5.74, 6) is -0.218. The van der Waals surface area contributed by atoms with Crippen LogP contribution in [0.25, 0.3) is 0 Å². The zero-order valence-electron chi connectivity index (χ0n) is 9.84. The minimum atomic E-state index is -0.218. The Bertz CT molecular complexity index is 204. The average molecular weight is 199 g/mol. The SMILES string of the molecule is CC.CC.CC(N)c1ccc(F)cc1. The molecule has 0 fully saturated rings. The highest BCUT2D eigenvalue weighted by atomic mass is 19.1. The number of hydrogen-bond donors (Lipinski definition) is 1. The standard InChI is InChI=1S/C8H10FN.2C2H6/c1-6(10)7-2-4-8(9)5-3-7;2*1-2/h2-6H,10H2,1H3;2*1-2H3. The van der Waals surface area contributed by atoms with Crippen molar-refractivity contribution in [3.8, 4) is 0 Å². The summed E-state index contributed by atoms with van der Waals surface area (Å²) in [5.41, 5.74) is 6.50. The molecular weight excluding hydrogens is 177 g/mol. The summed E-state index contributed by atoms with van der Waals surface area (Å²) in [5, 5.41) is 0. The highest BCUT2D eigenvalue weighted by Gasteiger charge is 1.96. The van der Waals surface area contributed by atoms with Gasteiger partial charge in [-0.2, -0.15) is 0 Å². The van der Waals surface area contributed by atoms with Crippen molar-refractivity contribution < 1.29 is 4.39 Å².